The lowest BCUT2D eigenvalue weighted by Gasteiger charge is -2.18. The van der Waals surface area contributed by atoms with E-state index in [-0.39, 0.29) is 0 Å². The highest BCUT2D eigenvalue weighted by atomic mass is 16.8. The quantitative estimate of drug-likeness (QED) is 0.205. The molecule has 0 aromatic carbocycles. The molecule has 0 amide bonds. The van der Waals surface area contributed by atoms with Crippen LogP contribution in [0.5, 0.6) is 0 Å². The van der Waals surface area contributed by atoms with Crippen LogP contribution in [-0.4, -0.2) is 118 Å². The van der Waals surface area contributed by atoms with Crippen LogP contribution in [0.3, 0.4) is 0 Å². The van der Waals surface area contributed by atoms with E-state index >= 15 is 0 Å². The molecule has 174 valence electrons. The fraction of sp³-hybridized carbons (Fsp3) is 0.500. The molecule has 20 heteroatoms. The van der Waals surface area contributed by atoms with Crippen LogP contribution in [0.15, 0.2) is 0 Å². The van der Waals surface area contributed by atoms with Crippen molar-refractivity contribution in [2.45, 2.75) is 36.6 Å². The van der Waals surface area contributed by atoms with E-state index in [0.29, 0.717) is 0 Å². The first-order chi connectivity index (χ1) is 14.8. The Morgan fingerprint density at radius 1 is 0.625 bits per heavy atom. The zero-order valence-corrected chi connectivity index (χ0v) is 15.2. The van der Waals surface area contributed by atoms with Crippen LogP contribution in [0, 0.1) is 0 Å². The topological polar surface area (TPSA) is 279 Å². The van der Waals surface area contributed by atoms with Gasteiger partial charge in [-0.15, -0.1) is 0 Å². The molecule has 0 bridgehead atoms. The molecule has 2 heterocycles. The highest BCUT2D eigenvalue weighted by Crippen LogP contribution is 2.13. The molecule has 0 aliphatic carbocycles. The molecule has 0 saturated carbocycles. The van der Waals surface area contributed by atoms with Crippen LogP contribution < -0.4 is 0 Å². The molecule has 18 nitrogen and oxygen atoms in total. The second-order valence-corrected chi connectivity index (χ2v) is 5.87. The van der Waals surface area contributed by atoms with E-state index in [1.807, 2.05) is 0 Å². The van der Waals surface area contributed by atoms with E-state index in [4.69, 9.17) is 0 Å². The summed E-state index contributed by atoms with van der Waals surface area (Å²) >= 11 is 0. The largest absolute Gasteiger partial charge is 0.870 e. The Kier molecular flexibility index (Phi) is 7.72. The monoisotopic (exact) mass is 466 g/mol. The van der Waals surface area contributed by atoms with Crippen LogP contribution >= 0.6 is 0 Å². The number of aliphatic hydroxyl groups is 6. The molecule has 6 N–H and O–H groups in total. The first-order valence-corrected chi connectivity index (χ1v) is 8.14. The molecule has 2 rings (SSSR count). The van der Waals surface area contributed by atoms with E-state index in [2.05, 4.69) is 27.9 Å². The minimum Gasteiger partial charge on any atom is -0.460 e. The fourth-order valence-electron chi connectivity index (χ4n) is 1.91. The molecule has 2 aliphatic rings. The van der Waals surface area contributed by atoms with Crippen molar-refractivity contribution in [1.82, 2.24) is 0 Å². The highest BCUT2D eigenvalue weighted by Gasteiger charge is 2.51. The number of carbonyl (C=O) groups is 6. The summed E-state index contributed by atoms with van der Waals surface area (Å²) in [4.78, 5) is 69.0. The van der Waals surface area contributed by atoms with Crippen LogP contribution in [-0.2, 0) is 56.7 Å². The summed E-state index contributed by atoms with van der Waals surface area (Å²) in [5.74, 6) is -10.6. The number of hydrogen-bond acceptors (Lipinski definition) is 18. The number of hydrogen-bond donors (Lipinski definition) is 6. The zero-order chi connectivity index (χ0) is 24.3. The zero-order valence-electron chi connectivity index (χ0n) is 15.2. The molecule has 2 saturated heterocycles. The smallest absolute Gasteiger partial charge is 0.460 e. The Morgan fingerprint density at radius 2 is 0.844 bits per heavy atom. The summed E-state index contributed by atoms with van der Waals surface area (Å²) in [5, 5.41) is 56.3. The van der Waals surface area contributed by atoms with E-state index in [9.17, 15) is 59.4 Å². The van der Waals surface area contributed by atoms with Gasteiger partial charge in [0.25, 0.3) is 0 Å². The van der Waals surface area contributed by atoms with Crippen molar-refractivity contribution in [3.05, 3.63) is 0 Å². The summed E-state index contributed by atoms with van der Waals surface area (Å²) in [6.45, 7) is 0. The molecule has 0 aromatic rings. The minimum absolute atomic E-state index is 1.67. The maximum Gasteiger partial charge on any atom is 0.870 e. The Balaban J connectivity index is 1.97. The van der Waals surface area contributed by atoms with Gasteiger partial charge >= 0.3 is 50.5 Å². The summed E-state index contributed by atoms with van der Waals surface area (Å²) in [7, 11) is -5.09. The van der Waals surface area contributed by atoms with Crippen LogP contribution in [0.1, 0.15) is 0 Å². The van der Waals surface area contributed by atoms with Gasteiger partial charge in [-0.25, -0.2) is 0 Å². The lowest BCUT2D eigenvalue weighted by atomic mass is 10.1. The number of carbonyl (C=O) groups excluding carboxylic acids is 6. The van der Waals surface area contributed by atoms with Gasteiger partial charge in [-0.05, 0) is 0 Å². The predicted molar refractivity (Wildman–Crippen MR) is 84.1 cm³/mol. The van der Waals surface area contributed by atoms with Gasteiger partial charge in [0.1, 0.15) is 0 Å². The Bertz CT molecular complexity index is 704. The van der Waals surface area contributed by atoms with E-state index in [0.717, 1.165) is 0 Å². The first-order valence-electron chi connectivity index (χ1n) is 8.14. The van der Waals surface area contributed by atoms with Gasteiger partial charge in [0, 0.05) is 0 Å². The van der Waals surface area contributed by atoms with Gasteiger partial charge in [0.15, 0.2) is 36.6 Å². The lowest BCUT2D eigenvalue weighted by molar-refractivity contribution is -0.168. The second kappa shape index (κ2) is 9.89. The van der Waals surface area contributed by atoms with Crippen molar-refractivity contribution < 1.29 is 87.3 Å². The molecule has 32 heavy (non-hydrogen) atoms. The Labute approximate surface area is 175 Å². The maximum absolute atomic E-state index is 11.8. The van der Waals surface area contributed by atoms with E-state index < -0.39 is 87.1 Å². The van der Waals surface area contributed by atoms with E-state index in [1.54, 1.807) is 0 Å². The lowest BCUT2D eigenvalue weighted by Crippen LogP contribution is -2.47. The van der Waals surface area contributed by atoms with Crippen LogP contribution in [0.2, 0.25) is 0 Å². The third-order valence-corrected chi connectivity index (χ3v) is 3.62. The Morgan fingerprint density at radius 3 is 1.06 bits per heavy atom. The average molecular weight is 466 g/mol. The summed E-state index contributed by atoms with van der Waals surface area (Å²) in [6, 6.07) is 0. The standard InChI is InChI=1S/C12H12B2O18/c15-1-2(16)8(22)28-13(27-7(1)21)31-11(25)5(19)6(20)12(26)32-14-29-9(23)3(17)4(18)10(24)30-14/h1-6,15-20H. The minimum atomic E-state index is -2.83. The number of rotatable bonds is 5. The molecule has 6 unspecified atom stereocenters. The van der Waals surface area contributed by atoms with Crippen LogP contribution in [0.4, 0.5) is 0 Å². The molecular formula is C12H12B2O18. The summed E-state index contributed by atoms with van der Waals surface area (Å²) in [5.41, 5.74) is 0. The summed E-state index contributed by atoms with van der Waals surface area (Å²) in [6.07, 6.45) is -15.2. The van der Waals surface area contributed by atoms with Gasteiger partial charge in [-0.2, -0.15) is 0 Å². The van der Waals surface area contributed by atoms with Crippen molar-refractivity contribution >= 4 is 50.5 Å². The fourth-order valence-corrected chi connectivity index (χ4v) is 1.91. The SMILES string of the molecule is O=C1OB(OC(=O)C(O)C(O)C(=O)OB2OC(=O)C(O)C(O)C(=O)O2)OC(=O)C(O)C1O. The third kappa shape index (κ3) is 5.49. The second-order valence-electron chi connectivity index (χ2n) is 5.87. The van der Waals surface area contributed by atoms with Gasteiger partial charge < -0.3 is 58.6 Å². The average Bonchev–Trinajstić information content (AvgIpc) is 2.88. The van der Waals surface area contributed by atoms with E-state index in [1.165, 1.54) is 0 Å². The molecule has 2 aliphatic heterocycles. The number of aliphatic hydroxyl groups excluding tert-OH is 6. The summed E-state index contributed by atoms with van der Waals surface area (Å²) < 4.78 is 25.2. The molecule has 2 fully saturated rings. The van der Waals surface area contributed by atoms with Crippen molar-refractivity contribution in [2.75, 3.05) is 0 Å². The van der Waals surface area contributed by atoms with Gasteiger partial charge in [-0.1, -0.05) is 0 Å². The molecule has 0 radical (unpaired) electrons. The van der Waals surface area contributed by atoms with Crippen molar-refractivity contribution in [3.8, 4) is 0 Å². The first kappa shape index (κ1) is 25.0. The molecular weight excluding hydrogens is 454 g/mol. The van der Waals surface area contributed by atoms with Crippen molar-refractivity contribution in [2.24, 2.45) is 0 Å². The van der Waals surface area contributed by atoms with Crippen molar-refractivity contribution in [1.29, 1.82) is 0 Å². The molecule has 0 aromatic heterocycles. The van der Waals surface area contributed by atoms with Crippen LogP contribution in [0.25, 0.3) is 0 Å². The maximum atomic E-state index is 11.8. The highest BCUT2D eigenvalue weighted by molar-refractivity contribution is 6.46. The van der Waals surface area contributed by atoms with Gasteiger partial charge in [0.05, 0.1) is 0 Å². The van der Waals surface area contributed by atoms with Crippen molar-refractivity contribution in [3.63, 3.8) is 0 Å². The third-order valence-electron chi connectivity index (χ3n) is 3.62. The Hall–Kier alpha value is -3.29. The molecule has 0 spiro atoms. The van der Waals surface area contributed by atoms with Gasteiger partial charge in [-0.3, -0.25) is 28.8 Å². The molecule has 6 atom stereocenters. The normalized spacial score (nSPS) is 28.2. The van der Waals surface area contributed by atoms with Gasteiger partial charge in [0.2, 0.25) is 0 Å². The predicted octanol–water partition coefficient (Wildman–Crippen LogP) is -7.59.